The SMILES string of the molecule is Nc1ccc(-c2nc(N3CCOCC3)cc(C3(S(=O)(=O)C4CC4)CC3)n2)cc1.[Cl][Pd][Cl].c1ccc(P(c2ccccc2)c2ccccc2)cc1.c1ccc(P(c2ccccc2)c2ccccc2)cc1. The van der Waals surface area contributed by atoms with Crippen LogP contribution >= 0.6 is 34.9 Å². The average Bonchev–Trinajstić information content (AvgIpc) is 4.36. The molecule has 13 heteroatoms. The molecule has 7 nitrogen and oxygen atoms in total. The predicted octanol–water partition coefficient (Wildman–Crippen LogP) is 10.4. The van der Waals surface area contributed by atoms with Crippen LogP contribution in [0.25, 0.3) is 11.4 Å². The summed E-state index contributed by atoms with van der Waals surface area (Å²) in [5, 5.41) is 8.19. The van der Waals surface area contributed by atoms with E-state index >= 15 is 0 Å². The largest absolute Gasteiger partial charge is 0.0622 e. The predicted molar refractivity (Wildman–Crippen MR) is 290 cm³/mol. The Morgan fingerprint density at radius 2 is 0.899 bits per heavy atom. The van der Waals surface area contributed by atoms with Crippen molar-refractivity contribution in [2.75, 3.05) is 36.9 Å². The van der Waals surface area contributed by atoms with E-state index in [4.69, 9.17) is 39.5 Å². The zero-order valence-electron chi connectivity index (χ0n) is 38.0. The van der Waals surface area contributed by atoms with Gasteiger partial charge >= 0.3 is 35.0 Å². The molecule has 0 spiro atoms. The fourth-order valence-corrected chi connectivity index (χ4v) is 15.3. The molecule has 1 aromatic heterocycles. The smallest absolute Gasteiger partial charge is 0.0134 e. The zero-order chi connectivity index (χ0) is 47.9. The van der Waals surface area contributed by atoms with Gasteiger partial charge in [0.15, 0.2) is 15.7 Å². The second kappa shape index (κ2) is 24.9. The first kappa shape index (κ1) is 50.6. The first-order valence-electron chi connectivity index (χ1n) is 22.9. The molecular weight excluding hydrogens is 1050 g/mol. The van der Waals surface area contributed by atoms with Gasteiger partial charge < -0.3 is 15.4 Å². The van der Waals surface area contributed by atoms with Gasteiger partial charge in [0.05, 0.1) is 24.2 Å². The van der Waals surface area contributed by atoms with Gasteiger partial charge in [-0.05, 0) is 97.6 Å². The molecule has 2 saturated carbocycles. The third-order valence-corrected chi connectivity index (χ3v) is 19.9. The number of morpholine rings is 1. The number of aromatic nitrogens is 2. The summed E-state index contributed by atoms with van der Waals surface area (Å²) in [5.74, 6) is 1.33. The molecule has 69 heavy (non-hydrogen) atoms. The minimum absolute atomic E-state index is 0.106. The Kier molecular flexibility index (Phi) is 18.2. The monoisotopic (exact) mass is 1100 g/mol. The van der Waals surface area contributed by atoms with Crippen LogP contribution in [-0.2, 0) is 35.3 Å². The zero-order valence-corrected chi connectivity index (χ0v) is 43.6. The summed E-state index contributed by atoms with van der Waals surface area (Å²) in [6.07, 6.45) is 2.84. The molecule has 1 aliphatic heterocycles. The molecule has 2 N–H and O–H groups in total. The Labute approximate surface area is 426 Å². The van der Waals surface area contributed by atoms with E-state index in [0.29, 0.717) is 43.3 Å². The number of rotatable bonds is 11. The van der Waals surface area contributed by atoms with Crippen LogP contribution in [0.15, 0.2) is 212 Å². The molecule has 0 atom stereocenters. The van der Waals surface area contributed by atoms with Crippen molar-refractivity contribution in [1.29, 1.82) is 0 Å². The molecule has 3 aliphatic rings. The molecular formula is C56H54Cl2N4O3P2PdS. The first-order chi connectivity index (χ1) is 33.8. The number of ether oxygens (including phenoxy) is 1. The van der Waals surface area contributed by atoms with E-state index in [0.717, 1.165) is 37.3 Å². The number of nitrogens with two attached hydrogens (primary N) is 1. The first-order valence-corrected chi connectivity index (χ1v) is 31.1. The van der Waals surface area contributed by atoms with Gasteiger partial charge in [0.2, 0.25) is 0 Å². The number of nitrogen functional groups attached to an aromatic ring is 1. The number of anilines is 2. The molecule has 0 bridgehead atoms. The van der Waals surface area contributed by atoms with Gasteiger partial charge in [-0.15, -0.1) is 0 Å². The van der Waals surface area contributed by atoms with Crippen molar-refractivity contribution in [3.63, 3.8) is 0 Å². The Hall–Kier alpha value is -4.77. The average molecular weight is 1100 g/mol. The number of benzene rings is 7. The van der Waals surface area contributed by atoms with Crippen LogP contribution < -0.4 is 42.5 Å². The van der Waals surface area contributed by atoms with Crippen molar-refractivity contribution < 1.29 is 29.1 Å². The molecule has 3 fully saturated rings. The van der Waals surface area contributed by atoms with Crippen LogP contribution in [0.2, 0.25) is 0 Å². The standard InChI is InChI=1S/C20H24N4O3S.2C18H15P.2ClH.Pd/c21-15-3-1-14(2-4-15)19-22-17(13-18(23-19)24-9-11-27-12-10-24)20(7-8-20)28(25,26)16-5-6-16;2*1-4-10-16(11-5-1)19(17-12-6-2-7-13-17)18-14-8-3-9-15-18;;;/h1-4,13,16H,5-12,21H2;2*1-15H;2*1H;/q;;;;;+2/p-2. The van der Waals surface area contributed by atoms with Gasteiger partial charge in [-0.3, -0.25) is 0 Å². The molecule has 2 heterocycles. The van der Waals surface area contributed by atoms with Crippen molar-refractivity contribution in [3.05, 3.63) is 218 Å². The van der Waals surface area contributed by atoms with E-state index in [2.05, 4.69) is 187 Å². The van der Waals surface area contributed by atoms with E-state index < -0.39 is 30.4 Å². The Morgan fingerprint density at radius 1 is 0.551 bits per heavy atom. The van der Waals surface area contributed by atoms with E-state index in [1.54, 1.807) is 0 Å². The summed E-state index contributed by atoms with van der Waals surface area (Å²) in [6, 6.07) is 73.9. The molecule has 8 aromatic rings. The van der Waals surface area contributed by atoms with Crippen molar-refractivity contribution >= 4 is 88.1 Å². The van der Waals surface area contributed by atoms with Crippen molar-refractivity contribution in [2.24, 2.45) is 0 Å². The fraction of sp³-hybridized carbons (Fsp3) is 0.179. The summed E-state index contributed by atoms with van der Waals surface area (Å²) in [7, 11) is 5.52. The van der Waals surface area contributed by atoms with Gasteiger partial charge in [-0.1, -0.05) is 182 Å². The number of halogens is 2. The van der Waals surface area contributed by atoms with Crippen LogP contribution in [0.4, 0.5) is 11.5 Å². The Balaban J connectivity index is 0.000000139. The van der Waals surface area contributed by atoms with Gasteiger partial charge in [-0.25, -0.2) is 18.4 Å². The van der Waals surface area contributed by atoms with Crippen molar-refractivity contribution in [1.82, 2.24) is 9.97 Å². The topological polar surface area (TPSA) is 98.4 Å². The van der Waals surface area contributed by atoms with Gasteiger partial charge in [-0.2, -0.15) is 0 Å². The maximum atomic E-state index is 13.1. The molecule has 0 unspecified atom stereocenters. The summed E-state index contributed by atoms with van der Waals surface area (Å²) in [5.41, 5.74) is 7.97. The van der Waals surface area contributed by atoms with E-state index in [-0.39, 0.29) is 21.2 Å². The van der Waals surface area contributed by atoms with Gasteiger partial charge in [0.1, 0.15) is 10.6 Å². The van der Waals surface area contributed by atoms with E-state index in [1.807, 2.05) is 30.3 Å². The molecule has 1 saturated heterocycles. The summed E-state index contributed by atoms with van der Waals surface area (Å²) in [4.78, 5) is 11.7. The normalized spacial score (nSPS) is 14.9. The summed E-state index contributed by atoms with van der Waals surface area (Å²) < 4.78 is 30.9. The van der Waals surface area contributed by atoms with Gasteiger partial charge in [0, 0.05) is 30.4 Å². The fourth-order valence-electron chi connectivity index (χ4n) is 8.24. The van der Waals surface area contributed by atoms with Crippen molar-refractivity contribution in [2.45, 2.75) is 35.7 Å². The second-order valence-corrected chi connectivity index (χ2v) is 26.0. The van der Waals surface area contributed by atoms with Gasteiger partial charge in [0.25, 0.3) is 0 Å². The molecule has 11 rings (SSSR count). The second-order valence-electron chi connectivity index (χ2n) is 16.6. The maximum Gasteiger partial charge on any atom is -0.0134 e. The minimum atomic E-state index is -3.21. The third kappa shape index (κ3) is 13.2. The van der Waals surface area contributed by atoms with Crippen LogP contribution in [-0.4, -0.2) is 49.9 Å². The van der Waals surface area contributed by atoms with Crippen LogP contribution in [0.3, 0.4) is 0 Å². The molecule has 7 aromatic carbocycles. The number of sulfone groups is 1. The summed E-state index contributed by atoms with van der Waals surface area (Å²) in [6.45, 7) is 2.75. The van der Waals surface area contributed by atoms with Crippen LogP contribution in [0.5, 0.6) is 0 Å². The number of nitrogens with zero attached hydrogens (tertiary/aromatic N) is 3. The summed E-state index contributed by atoms with van der Waals surface area (Å²) >= 11 is -0.106. The Morgan fingerprint density at radius 3 is 1.22 bits per heavy atom. The quantitative estimate of drug-likeness (QED) is 0.0783. The number of hydrogen-bond acceptors (Lipinski definition) is 7. The molecule has 356 valence electrons. The van der Waals surface area contributed by atoms with Crippen molar-refractivity contribution in [3.8, 4) is 11.4 Å². The Bertz CT molecular complexity index is 2600. The van der Waals surface area contributed by atoms with E-state index in [1.165, 1.54) is 31.8 Å². The van der Waals surface area contributed by atoms with Crippen LogP contribution in [0.1, 0.15) is 31.4 Å². The minimum Gasteiger partial charge on any atom is -0.0622 e. The van der Waals surface area contributed by atoms with Crippen LogP contribution in [0, 0.1) is 0 Å². The molecule has 2 aliphatic carbocycles. The molecule has 0 radical (unpaired) electrons. The third-order valence-electron chi connectivity index (χ3n) is 12.0. The number of hydrogen-bond donors (Lipinski definition) is 1. The van der Waals surface area contributed by atoms with E-state index in [9.17, 15) is 8.42 Å². The molecule has 0 amide bonds. The maximum absolute atomic E-state index is 13.1.